The number of piperidine rings is 1. The van der Waals surface area contributed by atoms with Gasteiger partial charge in [0.05, 0.1) is 6.04 Å². The summed E-state index contributed by atoms with van der Waals surface area (Å²) >= 11 is 1.72. The lowest BCUT2D eigenvalue weighted by Gasteiger charge is -2.33. The van der Waals surface area contributed by atoms with E-state index in [-0.39, 0.29) is 18.0 Å². The summed E-state index contributed by atoms with van der Waals surface area (Å²) in [6, 6.07) is 5.80. The highest BCUT2D eigenvalue weighted by molar-refractivity contribution is 7.98. The van der Waals surface area contributed by atoms with Crippen molar-refractivity contribution in [3.8, 4) is 0 Å². The summed E-state index contributed by atoms with van der Waals surface area (Å²) in [4.78, 5) is 18.6. The van der Waals surface area contributed by atoms with Crippen molar-refractivity contribution in [2.75, 3.05) is 30.0 Å². The molecule has 2 rings (SSSR count). The SMILES string of the molecule is CSCC[C@H](N)C(=O)NC1CCN(c2ccccn2)CC1. The Morgan fingerprint density at radius 1 is 1.52 bits per heavy atom. The first kappa shape index (κ1) is 16.1. The van der Waals surface area contributed by atoms with Crippen LogP contribution >= 0.6 is 11.8 Å². The third-order valence-corrected chi connectivity index (χ3v) is 4.43. The lowest BCUT2D eigenvalue weighted by atomic mass is 10.0. The zero-order valence-corrected chi connectivity index (χ0v) is 13.3. The van der Waals surface area contributed by atoms with E-state index >= 15 is 0 Å². The van der Waals surface area contributed by atoms with Crippen molar-refractivity contribution in [3.63, 3.8) is 0 Å². The van der Waals surface area contributed by atoms with Gasteiger partial charge in [0.15, 0.2) is 0 Å². The van der Waals surface area contributed by atoms with Crippen LogP contribution in [0.2, 0.25) is 0 Å². The van der Waals surface area contributed by atoms with Gasteiger partial charge in [-0.05, 0) is 43.4 Å². The van der Waals surface area contributed by atoms with Crippen LogP contribution < -0.4 is 16.0 Å². The molecule has 1 atom stereocenters. The molecule has 3 N–H and O–H groups in total. The maximum absolute atomic E-state index is 12.0. The average molecular weight is 308 g/mol. The van der Waals surface area contributed by atoms with Gasteiger partial charge in [0.1, 0.15) is 5.82 Å². The monoisotopic (exact) mass is 308 g/mol. The molecular formula is C15H24N4OS. The molecule has 116 valence electrons. The standard InChI is InChI=1S/C15H24N4OS/c1-21-11-7-13(16)15(20)18-12-5-9-19(10-6-12)14-4-2-3-8-17-14/h2-4,8,12-13H,5-7,9-11,16H2,1H3,(H,18,20)/t13-/m0/s1. The van der Waals surface area contributed by atoms with Gasteiger partial charge in [0, 0.05) is 25.3 Å². The summed E-state index contributed by atoms with van der Waals surface area (Å²) < 4.78 is 0. The van der Waals surface area contributed by atoms with Gasteiger partial charge in [-0.3, -0.25) is 4.79 Å². The predicted molar refractivity (Wildman–Crippen MR) is 88.6 cm³/mol. The number of carbonyl (C=O) groups is 1. The number of hydrogen-bond acceptors (Lipinski definition) is 5. The first-order valence-corrected chi connectivity index (χ1v) is 8.81. The maximum atomic E-state index is 12.0. The molecule has 1 fully saturated rings. The minimum atomic E-state index is -0.383. The number of thioether (sulfide) groups is 1. The van der Waals surface area contributed by atoms with Gasteiger partial charge in [-0.25, -0.2) is 4.98 Å². The van der Waals surface area contributed by atoms with E-state index in [0.717, 1.165) is 43.9 Å². The second-order valence-corrected chi connectivity index (χ2v) is 6.33. The van der Waals surface area contributed by atoms with E-state index in [2.05, 4.69) is 15.2 Å². The van der Waals surface area contributed by atoms with Crippen molar-refractivity contribution < 1.29 is 4.79 Å². The number of amides is 1. The van der Waals surface area contributed by atoms with Crippen LogP contribution in [0, 0.1) is 0 Å². The van der Waals surface area contributed by atoms with Crippen LogP contribution in [0.1, 0.15) is 19.3 Å². The van der Waals surface area contributed by atoms with Crippen LogP contribution in [-0.4, -0.2) is 48.1 Å². The molecule has 1 aliphatic rings. The smallest absolute Gasteiger partial charge is 0.237 e. The molecule has 0 unspecified atom stereocenters. The molecule has 1 aliphatic heterocycles. The lowest BCUT2D eigenvalue weighted by molar-refractivity contribution is -0.123. The molecule has 1 saturated heterocycles. The van der Waals surface area contributed by atoms with Crippen molar-refractivity contribution in [1.82, 2.24) is 10.3 Å². The van der Waals surface area contributed by atoms with E-state index in [9.17, 15) is 4.79 Å². The summed E-state index contributed by atoms with van der Waals surface area (Å²) in [6.07, 6.45) is 6.46. The third kappa shape index (κ3) is 4.89. The van der Waals surface area contributed by atoms with E-state index in [1.165, 1.54) is 0 Å². The molecule has 0 aromatic carbocycles. The number of carbonyl (C=O) groups excluding carboxylic acids is 1. The molecule has 5 nitrogen and oxygen atoms in total. The van der Waals surface area contributed by atoms with E-state index in [4.69, 9.17) is 5.73 Å². The van der Waals surface area contributed by atoms with Gasteiger partial charge < -0.3 is 16.0 Å². The Hall–Kier alpha value is -1.27. The van der Waals surface area contributed by atoms with Crippen molar-refractivity contribution in [3.05, 3.63) is 24.4 Å². The fourth-order valence-corrected chi connectivity index (χ4v) is 2.97. The van der Waals surface area contributed by atoms with Crippen LogP contribution in [-0.2, 0) is 4.79 Å². The number of pyridine rings is 1. The van der Waals surface area contributed by atoms with Crippen LogP contribution in [0.4, 0.5) is 5.82 Å². The minimum absolute atomic E-state index is 0.0136. The largest absolute Gasteiger partial charge is 0.356 e. The molecule has 2 heterocycles. The number of anilines is 1. The quantitative estimate of drug-likeness (QED) is 0.827. The maximum Gasteiger partial charge on any atom is 0.237 e. The summed E-state index contributed by atoms with van der Waals surface area (Å²) in [5.74, 6) is 1.92. The summed E-state index contributed by atoms with van der Waals surface area (Å²) in [6.45, 7) is 1.84. The Morgan fingerprint density at radius 3 is 2.90 bits per heavy atom. The van der Waals surface area contributed by atoms with E-state index in [1.807, 2.05) is 30.7 Å². The Balaban J connectivity index is 1.75. The molecule has 0 bridgehead atoms. The van der Waals surface area contributed by atoms with Gasteiger partial charge in [0.25, 0.3) is 0 Å². The normalized spacial score (nSPS) is 17.5. The fraction of sp³-hybridized carbons (Fsp3) is 0.600. The van der Waals surface area contributed by atoms with Gasteiger partial charge in [-0.1, -0.05) is 6.07 Å². The molecular weight excluding hydrogens is 284 g/mol. The molecule has 1 aromatic heterocycles. The second kappa shape index (κ2) is 8.24. The zero-order valence-electron chi connectivity index (χ0n) is 12.5. The summed E-state index contributed by atoms with van der Waals surface area (Å²) in [5, 5.41) is 3.08. The van der Waals surface area contributed by atoms with Crippen LogP contribution in [0.3, 0.4) is 0 Å². The lowest BCUT2D eigenvalue weighted by Crippen LogP contribution is -2.49. The first-order valence-electron chi connectivity index (χ1n) is 7.41. The molecule has 0 radical (unpaired) electrons. The number of nitrogens with one attached hydrogen (secondary N) is 1. The fourth-order valence-electron chi connectivity index (χ4n) is 2.48. The van der Waals surface area contributed by atoms with Gasteiger partial charge >= 0.3 is 0 Å². The highest BCUT2D eigenvalue weighted by atomic mass is 32.2. The minimum Gasteiger partial charge on any atom is -0.356 e. The highest BCUT2D eigenvalue weighted by Gasteiger charge is 2.23. The van der Waals surface area contributed by atoms with Crippen molar-refractivity contribution in [2.24, 2.45) is 5.73 Å². The molecule has 0 saturated carbocycles. The first-order chi connectivity index (χ1) is 10.2. The number of hydrogen-bond donors (Lipinski definition) is 2. The van der Waals surface area contributed by atoms with Crippen LogP contribution in [0.15, 0.2) is 24.4 Å². The van der Waals surface area contributed by atoms with Crippen molar-refractivity contribution in [1.29, 1.82) is 0 Å². The van der Waals surface area contributed by atoms with Gasteiger partial charge in [0.2, 0.25) is 5.91 Å². The molecule has 1 amide bonds. The number of nitrogens with two attached hydrogens (primary N) is 1. The number of nitrogens with zero attached hydrogens (tertiary/aromatic N) is 2. The molecule has 21 heavy (non-hydrogen) atoms. The van der Waals surface area contributed by atoms with Crippen LogP contribution in [0.25, 0.3) is 0 Å². The number of rotatable bonds is 6. The Labute approximate surface area is 130 Å². The Bertz CT molecular complexity index is 435. The summed E-state index contributed by atoms with van der Waals surface area (Å²) in [5.41, 5.74) is 5.89. The zero-order chi connectivity index (χ0) is 15.1. The Morgan fingerprint density at radius 2 is 2.29 bits per heavy atom. The topological polar surface area (TPSA) is 71.2 Å². The van der Waals surface area contributed by atoms with E-state index in [0.29, 0.717) is 0 Å². The van der Waals surface area contributed by atoms with Gasteiger partial charge in [-0.15, -0.1) is 0 Å². The predicted octanol–water partition coefficient (Wildman–Crippen LogP) is 1.25. The highest BCUT2D eigenvalue weighted by Crippen LogP contribution is 2.17. The molecule has 1 aromatic rings. The Kier molecular flexibility index (Phi) is 6.32. The molecule has 6 heteroatoms. The van der Waals surface area contributed by atoms with E-state index < -0.39 is 0 Å². The van der Waals surface area contributed by atoms with Gasteiger partial charge in [-0.2, -0.15) is 11.8 Å². The third-order valence-electron chi connectivity index (χ3n) is 3.78. The average Bonchev–Trinajstić information content (AvgIpc) is 2.54. The number of aromatic nitrogens is 1. The van der Waals surface area contributed by atoms with Crippen molar-refractivity contribution >= 4 is 23.5 Å². The van der Waals surface area contributed by atoms with Crippen LogP contribution in [0.5, 0.6) is 0 Å². The summed E-state index contributed by atoms with van der Waals surface area (Å²) in [7, 11) is 0. The van der Waals surface area contributed by atoms with E-state index in [1.54, 1.807) is 11.8 Å². The molecule has 0 aliphatic carbocycles. The second-order valence-electron chi connectivity index (χ2n) is 5.35. The molecule has 0 spiro atoms. The van der Waals surface area contributed by atoms with Crippen molar-refractivity contribution in [2.45, 2.75) is 31.3 Å².